The summed E-state index contributed by atoms with van der Waals surface area (Å²) in [4.78, 5) is 42.7. The number of fused-ring (bicyclic) bond motifs is 2. The molecular formula is C30H25N3O7S. The Morgan fingerprint density at radius 1 is 1.22 bits per heavy atom. The van der Waals surface area contributed by atoms with E-state index in [1.165, 1.54) is 28.0 Å². The molecule has 10 nitrogen and oxygen atoms in total. The van der Waals surface area contributed by atoms with Gasteiger partial charge in [-0.05, 0) is 61.7 Å². The molecule has 0 saturated heterocycles. The van der Waals surface area contributed by atoms with Gasteiger partial charge in [-0.1, -0.05) is 23.5 Å². The topological polar surface area (TPSA) is 126 Å². The highest BCUT2D eigenvalue weighted by Crippen LogP contribution is 2.35. The number of carbonyl (C=O) groups excluding carboxylic acids is 1. The van der Waals surface area contributed by atoms with Gasteiger partial charge in [0.1, 0.15) is 17.3 Å². The minimum absolute atomic E-state index is 0.00103. The lowest BCUT2D eigenvalue weighted by molar-refractivity contribution is -0.384. The number of allylic oxidation sites excluding steroid dienone is 1. The summed E-state index contributed by atoms with van der Waals surface area (Å²) in [5.41, 5.74) is 3.68. The van der Waals surface area contributed by atoms with E-state index in [1.807, 2.05) is 18.2 Å². The molecule has 1 atom stereocenters. The predicted molar refractivity (Wildman–Crippen MR) is 152 cm³/mol. The number of ether oxygens (including phenoxy) is 2. The molecule has 0 N–H and O–H groups in total. The van der Waals surface area contributed by atoms with E-state index in [2.05, 4.69) is 4.99 Å². The summed E-state index contributed by atoms with van der Waals surface area (Å²) in [6, 6.07) is 13.1. The van der Waals surface area contributed by atoms with Crippen LogP contribution < -0.4 is 19.6 Å². The van der Waals surface area contributed by atoms with E-state index in [1.54, 1.807) is 45.0 Å². The van der Waals surface area contributed by atoms with Crippen LogP contribution in [0.5, 0.6) is 5.75 Å². The normalized spacial score (nSPS) is 16.2. The van der Waals surface area contributed by atoms with E-state index in [4.69, 9.17) is 13.9 Å². The molecule has 208 valence electrons. The Labute approximate surface area is 237 Å². The molecule has 4 heterocycles. The largest absolute Gasteiger partial charge is 0.493 e. The standard InChI is InChI=1S/C30H25N3O7S/c1-4-38-29(35)26-17(3)31-30-32(27(26)19-6-5-18-11-12-39-24(18)14-19)28(34)25(41-30)15-21-8-10-23(40-21)22-9-7-20(33(36)37)13-16(22)2/h5-10,13-15,27H,4,11-12H2,1-3H3. The summed E-state index contributed by atoms with van der Waals surface area (Å²) >= 11 is 1.20. The van der Waals surface area contributed by atoms with Crippen molar-refractivity contribution in [2.24, 2.45) is 4.99 Å². The van der Waals surface area contributed by atoms with Gasteiger partial charge in [0.15, 0.2) is 4.80 Å². The molecule has 0 amide bonds. The number of non-ortho nitro benzene ring substituents is 1. The monoisotopic (exact) mass is 571 g/mol. The van der Waals surface area contributed by atoms with Crippen LogP contribution in [0.25, 0.3) is 17.4 Å². The van der Waals surface area contributed by atoms with E-state index in [0.29, 0.717) is 49.9 Å². The summed E-state index contributed by atoms with van der Waals surface area (Å²) in [7, 11) is 0. The molecule has 0 aliphatic carbocycles. The van der Waals surface area contributed by atoms with Crippen LogP contribution in [0.4, 0.5) is 5.69 Å². The number of nitro groups is 1. The number of rotatable bonds is 6. The third kappa shape index (κ3) is 4.67. The number of nitrogens with zero attached hydrogens (tertiary/aromatic N) is 3. The number of carbonyl (C=O) groups is 1. The lowest BCUT2D eigenvalue weighted by Gasteiger charge is -2.25. The van der Waals surface area contributed by atoms with Crippen LogP contribution in [-0.4, -0.2) is 28.7 Å². The van der Waals surface area contributed by atoms with E-state index in [-0.39, 0.29) is 17.9 Å². The van der Waals surface area contributed by atoms with Crippen molar-refractivity contribution >= 4 is 29.1 Å². The van der Waals surface area contributed by atoms with Crippen LogP contribution in [0.1, 0.15) is 42.3 Å². The first-order chi connectivity index (χ1) is 19.7. The van der Waals surface area contributed by atoms with Gasteiger partial charge in [0, 0.05) is 30.2 Å². The molecule has 0 fully saturated rings. The molecule has 0 radical (unpaired) electrons. The van der Waals surface area contributed by atoms with Crippen LogP contribution >= 0.6 is 11.3 Å². The molecule has 1 unspecified atom stereocenters. The summed E-state index contributed by atoms with van der Waals surface area (Å²) in [5, 5.41) is 11.1. The average molecular weight is 572 g/mol. The summed E-state index contributed by atoms with van der Waals surface area (Å²) in [5.74, 6) is 1.18. The summed E-state index contributed by atoms with van der Waals surface area (Å²) < 4.78 is 19.1. The zero-order chi connectivity index (χ0) is 28.8. The second kappa shape index (κ2) is 10.3. The van der Waals surface area contributed by atoms with Crippen LogP contribution in [0.3, 0.4) is 0 Å². The maximum absolute atomic E-state index is 13.9. The number of aryl methyl sites for hydroxylation is 1. The lowest BCUT2D eigenvalue weighted by Crippen LogP contribution is -2.39. The Morgan fingerprint density at radius 3 is 2.80 bits per heavy atom. The molecule has 2 aliphatic rings. The van der Waals surface area contributed by atoms with Crippen molar-refractivity contribution in [2.75, 3.05) is 13.2 Å². The highest BCUT2D eigenvalue weighted by atomic mass is 32.1. The molecule has 0 spiro atoms. The van der Waals surface area contributed by atoms with Crippen LogP contribution in [0.2, 0.25) is 0 Å². The Balaban J connectivity index is 1.45. The number of aromatic nitrogens is 1. The maximum Gasteiger partial charge on any atom is 0.338 e. The van der Waals surface area contributed by atoms with E-state index in [9.17, 15) is 19.7 Å². The summed E-state index contributed by atoms with van der Waals surface area (Å²) in [6.07, 6.45) is 2.45. The summed E-state index contributed by atoms with van der Waals surface area (Å²) in [6.45, 7) is 6.03. The number of benzene rings is 2. The minimum atomic E-state index is -0.739. The number of hydrogen-bond donors (Lipinski definition) is 0. The Bertz CT molecular complexity index is 1950. The van der Waals surface area contributed by atoms with Crippen molar-refractivity contribution in [1.82, 2.24) is 4.57 Å². The van der Waals surface area contributed by atoms with Gasteiger partial charge in [0.25, 0.3) is 11.2 Å². The van der Waals surface area contributed by atoms with Gasteiger partial charge >= 0.3 is 5.97 Å². The van der Waals surface area contributed by atoms with E-state index in [0.717, 1.165) is 23.3 Å². The predicted octanol–water partition coefficient (Wildman–Crippen LogP) is 4.21. The minimum Gasteiger partial charge on any atom is -0.493 e. The highest BCUT2D eigenvalue weighted by molar-refractivity contribution is 7.07. The van der Waals surface area contributed by atoms with Gasteiger partial charge in [-0.2, -0.15) is 0 Å². The first-order valence-corrected chi connectivity index (χ1v) is 13.9. The molecule has 2 aliphatic heterocycles. The molecule has 2 aromatic heterocycles. The molecule has 0 bridgehead atoms. The molecule has 2 aromatic carbocycles. The van der Waals surface area contributed by atoms with Crippen molar-refractivity contribution in [3.05, 3.63) is 112 Å². The zero-order valence-electron chi connectivity index (χ0n) is 22.5. The Morgan fingerprint density at radius 2 is 2.05 bits per heavy atom. The molecule has 4 aromatic rings. The van der Waals surface area contributed by atoms with Crippen LogP contribution in [-0.2, 0) is 16.0 Å². The molecular weight excluding hydrogens is 546 g/mol. The van der Waals surface area contributed by atoms with Crippen LogP contribution in [0, 0.1) is 17.0 Å². The number of furan rings is 1. The fraction of sp³-hybridized carbons (Fsp3) is 0.233. The molecule has 41 heavy (non-hydrogen) atoms. The van der Waals surface area contributed by atoms with E-state index >= 15 is 0 Å². The fourth-order valence-electron chi connectivity index (χ4n) is 5.20. The van der Waals surface area contributed by atoms with Gasteiger partial charge in [0.05, 0.1) is 40.0 Å². The second-order valence-electron chi connectivity index (χ2n) is 9.73. The van der Waals surface area contributed by atoms with Gasteiger partial charge < -0.3 is 13.9 Å². The van der Waals surface area contributed by atoms with Crippen molar-refractivity contribution in [1.29, 1.82) is 0 Å². The van der Waals surface area contributed by atoms with E-state index < -0.39 is 16.9 Å². The number of esters is 1. The van der Waals surface area contributed by atoms with Gasteiger partial charge in [-0.3, -0.25) is 19.5 Å². The Kier molecular flexibility index (Phi) is 6.66. The second-order valence-corrected chi connectivity index (χ2v) is 10.7. The first-order valence-electron chi connectivity index (χ1n) is 13.1. The van der Waals surface area contributed by atoms with Gasteiger partial charge in [-0.25, -0.2) is 9.79 Å². The molecule has 11 heteroatoms. The maximum atomic E-state index is 13.9. The van der Waals surface area contributed by atoms with Gasteiger partial charge in [0.2, 0.25) is 0 Å². The number of hydrogen-bond acceptors (Lipinski definition) is 9. The highest BCUT2D eigenvalue weighted by Gasteiger charge is 2.34. The molecule has 0 saturated carbocycles. The van der Waals surface area contributed by atoms with Crippen molar-refractivity contribution in [3.8, 4) is 17.1 Å². The smallest absolute Gasteiger partial charge is 0.338 e. The van der Waals surface area contributed by atoms with Crippen molar-refractivity contribution < 1.29 is 23.6 Å². The zero-order valence-corrected chi connectivity index (χ0v) is 23.3. The number of nitro benzene ring substituents is 1. The van der Waals surface area contributed by atoms with Crippen molar-refractivity contribution in [2.45, 2.75) is 33.2 Å². The fourth-order valence-corrected chi connectivity index (χ4v) is 6.23. The SMILES string of the molecule is CCOC(=O)C1=C(C)N=c2sc(=Cc3ccc(-c4ccc([N+](=O)[O-])cc4C)o3)c(=O)n2C1c1ccc2c(c1)OCC2. The third-order valence-corrected chi connectivity index (χ3v) is 8.12. The quantitative estimate of drug-likeness (QED) is 0.193. The Hall–Kier alpha value is -4.77. The first kappa shape index (κ1) is 26.5. The van der Waals surface area contributed by atoms with Gasteiger partial charge in [-0.15, -0.1) is 0 Å². The lowest BCUT2D eigenvalue weighted by atomic mass is 9.94. The molecule has 6 rings (SSSR count). The average Bonchev–Trinajstić information content (AvgIpc) is 3.67. The van der Waals surface area contributed by atoms with Crippen molar-refractivity contribution in [3.63, 3.8) is 0 Å². The van der Waals surface area contributed by atoms with Crippen LogP contribution in [0.15, 0.2) is 74.0 Å². The third-order valence-electron chi connectivity index (χ3n) is 7.14. The number of thiazole rings is 1.